The Morgan fingerprint density at radius 3 is 1.25 bits per heavy atom. The van der Waals surface area contributed by atoms with E-state index in [2.05, 4.69) is 6.92 Å². The van der Waals surface area contributed by atoms with Gasteiger partial charge in [-0.3, -0.25) is 0 Å². The van der Waals surface area contributed by atoms with Gasteiger partial charge in [-0.15, -0.1) is 69.6 Å². The highest BCUT2D eigenvalue weighted by Gasteiger charge is 2.46. The summed E-state index contributed by atoms with van der Waals surface area (Å²) in [6.45, 7) is 2.18. The molecular formula is C10H26Cl6O6Si6. The third-order valence-electron chi connectivity index (χ3n) is 3.79. The molecule has 1 aliphatic heterocycles. The Labute approximate surface area is 210 Å². The highest BCUT2D eigenvalue weighted by atomic mass is 35.5. The first kappa shape index (κ1) is 28.8. The van der Waals surface area contributed by atoms with Crippen LogP contribution in [0.1, 0.15) is 19.8 Å². The monoisotopic (exact) mass is 620 g/mol. The topological polar surface area (TPSA) is 55.4 Å². The van der Waals surface area contributed by atoms with Crippen LogP contribution in [0.4, 0.5) is 0 Å². The van der Waals surface area contributed by atoms with Crippen LogP contribution in [-0.4, -0.2) is 91.6 Å². The average Bonchev–Trinajstić information content (AvgIpc) is 2.69. The number of unbranched alkanes of at least 4 members (excludes halogenated alkanes) is 1. The van der Waals surface area contributed by atoms with E-state index in [0.717, 1.165) is 6.04 Å². The maximum atomic E-state index is 5.88. The Morgan fingerprint density at radius 1 is 0.607 bits per heavy atom. The smallest absolute Gasteiger partial charge is 0.303 e. The maximum Gasteiger partial charge on any atom is 0.303 e. The number of hydrogen-bond donors (Lipinski definition) is 0. The van der Waals surface area contributed by atoms with Crippen molar-refractivity contribution < 1.29 is 24.7 Å². The summed E-state index contributed by atoms with van der Waals surface area (Å²) < 4.78 is 33.1. The van der Waals surface area contributed by atoms with E-state index in [1.54, 1.807) is 0 Å². The zero-order valence-electron chi connectivity index (χ0n) is 15.4. The van der Waals surface area contributed by atoms with Crippen LogP contribution in [0.3, 0.4) is 0 Å². The van der Waals surface area contributed by atoms with Gasteiger partial charge in [0.1, 0.15) is 0 Å². The molecule has 1 saturated carbocycles. The van der Waals surface area contributed by atoms with Crippen molar-refractivity contribution in [3.05, 3.63) is 0 Å². The largest absolute Gasteiger partial charge is 0.425 e. The summed E-state index contributed by atoms with van der Waals surface area (Å²) in [6, 6.07) is 1.07. The van der Waals surface area contributed by atoms with Crippen LogP contribution >= 0.6 is 69.6 Å². The fourth-order valence-corrected chi connectivity index (χ4v) is 17.3. The number of alkyl halides is 6. The predicted molar refractivity (Wildman–Crippen MR) is 134 cm³/mol. The van der Waals surface area contributed by atoms with E-state index in [1.807, 2.05) is 0 Å². The molecule has 0 amide bonds. The molecule has 0 unspecified atom stereocenters. The van der Waals surface area contributed by atoms with Crippen molar-refractivity contribution >= 4 is 129 Å². The van der Waals surface area contributed by atoms with Crippen molar-refractivity contribution in [3.63, 3.8) is 0 Å². The Morgan fingerprint density at radius 2 is 0.929 bits per heavy atom. The summed E-state index contributed by atoms with van der Waals surface area (Å²) in [5.74, 6) is 0. The van der Waals surface area contributed by atoms with E-state index in [-0.39, 0.29) is 0 Å². The summed E-state index contributed by atoms with van der Waals surface area (Å²) in [5, 5.41) is -2.62. The second kappa shape index (κ2) is 17.3. The molecule has 0 bridgehead atoms. The van der Waals surface area contributed by atoms with E-state index in [4.69, 9.17) is 94.3 Å². The number of halogens is 6. The molecule has 1 saturated heterocycles. The van der Waals surface area contributed by atoms with Crippen molar-refractivity contribution in [2.24, 2.45) is 0 Å². The molecule has 6 nitrogen and oxygen atoms in total. The first-order chi connectivity index (χ1) is 13.4. The van der Waals surface area contributed by atoms with Gasteiger partial charge in [0.15, 0.2) is 0 Å². The molecular weight excluding hydrogens is 597 g/mol. The lowest BCUT2D eigenvalue weighted by Gasteiger charge is -2.37. The molecule has 0 aromatic heterocycles. The lowest BCUT2D eigenvalue weighted by molar-refractivity contribution is 0.333. The van der Waals surface area contributed by atoms with Crippen LogP contribution in [0.2, 0.25) is 6.04 Å². The zero-order chi connectivity index (χ0) is 20.9. The molecule has 1 heterocycles. The van der Waals surface area contributed by atoms with Crippen molar-refractivity contribution in [1.82, 2.24) is 0 Å². The van der Waals surface area contributed by atoms with Crippen LogP contribution < -0.4 is 0 Å². The normalized spacial score (nSPS) is 42.8. The fraction of sp³-hybridized carbons (Fsp3) is 1.00. The Bertz CT molecular complexity index is 343. The van der Waals surface area contributed by atoms with Gasteiger partial charge < -0.3 is 24.7 Å². The SMILES string of the molecule is CCCC[SiH]1O[SiH2]O[SiH2]O[SiH2]O[SiH2]O[SiH2]O1.ClC1C(Cl)C(Cl)C(Cl)C(Cl)C1Cl. The zero-order valence-corrected chi connectivity index (χ0v) is 28.2. The van der Waals surface area contributed by atoms with Gasteiger partial charge in [0.25, 0.3) is 50.0 Å². The standard InChI is InChI=1S/C6H6Cl6.C4H20O6Si6/c7-1-2(8)4(10)6(12)5(11)3(1)9;1-2-3-4-16-9-14-7-12-5-11-6-13-8-15-10-16/h1-6H;16H,2-4,11-15H2,1H3. The fourth-order valence-electron chi connectivity index (χ4n) is 2.20. The molecule has 168 valence electrons. The van der Waals surface area contributed by atoms with Crippen molar-refractivity contribution in [2.45, 2.75) is 58.1 Å². The molecule has 18 heteroatoms. The van der Waals surface area contributed by atoms with Gasteiger partial charge in [0.05, 0.1) is 32.3 Å². The van der Waals surface area contributed by atoms with Gasteiger partial charge in [-0.25, -0.2) is 0 Å². The highest BCUT2D eigenvalue weighted by Crippen LogP contribution is 2.39. The van der Waals surface area contributed by atoms with Crippen LogP contribution in [0.25, 0.3) is 0 Å². The Hall–Kier alpha value is 2.80. The van der Waals surface area contributed by atoms with Gasteiger partial charge in [-0.1, -0.05) is 19.8 Å². The van der Waals surface area contributed by atoms with Crippen molar-refractivity contribution in [2.75, 3.05) is 0 Å². The predicted octanol–water partition coefficient (Wildman–Crippen LogP) is -0.241. The van der Waals surface area contributed by atoms with E-state index < -0.39 is 91.6 Å². The summed E-state index contributed by atoms with van der Waals surface area (Å²) >= 11 is 35.3. The molecule has 0 radical (unpaired) electrons. The Balaban J connectivity index is 0.000000292. The van der Waals surface area contributed by atoms with Crippen molar-refractivity contribution in [3.8, 4) is 0 Å². The lowest BCUT2D eigenvalue weighted by Crippen LogP contribution is -2.52. The van der Waals surface area contributed by atoms with Crippen LogP contribution in [0, 0.1) is 0 Å². The van der Waals surface area contributed by atoms with Gasteiger partial charge in [-0.05, 0) is 6.04 Å². The maximum absolute atomic E-state index is 5.88. The molecule has 2 rings (SSSR count). The molecule has 0 N–H and O–H groups in total. The lowest BCUT2D eigenvalue weighted by atomic mass is 9.97. The molecule has 0 aromatic rings. The minimum atomic E-state index is -1.48. The van der Waals surface area contributed by atoms with Crippen LogP contribution in [0.5, 0.6) is 0 Å². The van der Waals surface area contributed by atoms with Gasteiger partial charge in [0.2, 0.25) is 0 Å². The van der Waals surface area contributed by atoms with E-state index >= 15 is 0 Å². The van der Waals surface area contributed by atoms with E-state index in [1.165, 1.54) is 12.8 Å². The molecule has 1 aliphatic carbocycles. The summed E-state index contributed by atoms with van der Waals surface area (Å²) in [4.78, 5) is 0. The molecule has 28 heavy (non-hydrogen) atoms. The average molecular weight is 624 g/mol. The minimum Gasteiger partial charge on any atom is -0.425 e. The molecule has 0 aromatic carbocycles. The van der Waals surface area contributed by atoms with Gasteiger partial charge in [0, 0.05) is 0 Å². The quantitative estimate of drug-likeness (QED) is 0.320. The highest BCUT2D eigenvalue weighted by molar-refractivity contribution is 6.59. The van der Waals surface area contributed by atoms with Gasteiger partial charge >= 0.3 is 9.28 Å². The van der Waals surface area contributed by atoms with Crippen LogP contribution in [-0.2, 0) is 24.7 Å². The molecule has 0 atom stereocenters. The Kier molecular flexibility index (Phi) is 17.8. The second-order valence-corrected chi connectivity index (χ2v) is 20.8. The molecule has 0 spiro atoms. The van der Waals surface area contributed by atoms with E-state index in [9.17, 15) is 0 Å². The second-order valence-electron chi connectivity index (χ2n) is 5.98. The summed E-state index contributed by atoms with van der Waals surface area (Å²) in [5.41, 5.74) is 0. The minimum absolute atomic E-state index is 0.437. The number of hydrogen-bond acceptors (Lipinski definition) is 6. The van der Waals surface area contributed by atoms with Gasteiger partial charge in [-0.2, -0.15) is 0 Å². The van der Waals surface area contributed by atoms with E-state index in [0.29, 0.717) is 0 Å². The van der Waals surface area contributed by atoms with Crippen molar-refractivity contribution in [1.29, 1.82) is 0 Å². The third kappa shape index (κ3) is 11.1. The first-order valence-electron chi connectivity index (χ1n) is 8.78. The summed E-state index contributed by atoms with van der Waals surface area (Å²) in [7, 11) is -5.72. The van der Waals surface area contributed by atoms with Crippen LogP contribution in [0.15, 0.2) is 0 Å². The first-order valence-corrected chi connectivity index (χ1v) is 18.9. The molecule has 2 fully saturated rings. The number of rotatable bonds is 3. The molecule has 2 aliphatic rings. The summed E-state index contributed by atoms with van der Waals surface area (Å²) in [6.07, 6.45) is 2.36. The third-order valence-corrected chi connectivity index (χ3v) is 18.1.